The van der Waals surface area contributed by atoms with Crippen LogP contribution in [0.3, 0.4) is 0 Å². The molecule has 1 aliphatic heterocycles. The molecule has 39 heavy (non-hydrogen) atoms. The molecule has 0 bridgehead atoms. The number of aromatic nitrogens is 3. The van der Waals surface area contributed by atoms with Crippen molar-refractivity contribution in [3.8, 4) is 17.5 Å². The molecule has 0 amide bonds. The van der Waals surface area contributed by atoms with Crippen LogP contribution in [-0.2, 0) is 4.79 Å². The van der Waals surface area contributed by atoms with E-state index in [-0.39, 0.29) is 25.3 Å². The quantitative estimate of drug-likeness (QED) is 0.329. The summed E-state index contributed by atoms with van der Waals surface area (Å²) < 4.78 is 17.1. The van der Waals surface area contributed by atoms with Crippen molar-refractivity contribution in [3.63, 3.8) is 0 Å². The van der Waals surface area contributed by atoms with E-state index in [0.29, 0.717) is 23.4 Å². The molecule has 1 aliphatic rings. The molecule has 1 aromatic heterocycles. The maximum absolute atomic E-state index is 11.2. The lowest BCUT2D eigenvalue weighted by Crippen LogP contribution is -2.47. The second kappa shape index (κ2) is 12.5. The average Bonchev–Trinajstić information content (AvgIpc) is 2.92. The van der Waals surface area contributed by atoms with Gasteiger partial charge in [0.1, 0.15) is 24.7 Å². The summed E-state index contributed by atoms with van der Waals surface area (Å²) in [7, 11) is 0. The number of ether oxygens (including phenoxy) is 3. The second-order valence-electron chi connectivity index (χ2n) is 9.94. The lowest BCUT2D eigenvalue weighted by Gasteiger charge is -2.36. The molecule has 208 valence electrons. The minimum atomic E-state index is -1.32. The topological polar surface area (TPSA) is 122 Å². The van der Waals surface area contributed by atoms with E-state index in [1.54, 1.807) is 24.3 Å². The first-order chi connectivity index (χ1) is 18.7. The molecule has 0 unspecified atom stereocenters. The summed E-state index contributed by atoms with van der Waals surface area (Å²) in [6.45, 7) is 10.8. The van der Waals surface area contributed by atoms with E-state index in [1.165, 1.54) is 19.5 Å². The summed E-state index contributed by atoms with van der Waals surface area (Å²) in [4.78, 5) is 29.4. The molecule has 0 radical (unpaired) electrons. The number of anilines is 3. The van der Waals surface area contributed by atoms with Crippen LogP contribution in [0.25, 0.3) is 0 Å². The van der Waals surface area contributed by atoms with Crippen molar-refractivity contribution >= 4 is 23.6 Å². The smallest absolute Gasteiger partial charge is 0.347 e. The van der Waals surface area contributed by atoms with E-state index in [4.69, 9.17) is 14.2 Å². The Kier molecular flexibility index (Phi) is 8.90. The third-order valence-electron chi connectivity index (χ3n) is 6.00. The zero-order valence-corrected chi connectivity index (χ0v) is 22.8. The number of aliphatic carboxylic acids is 1. The van der Waals surface area contributed by atoms with Gasteiger partial charge in [0.05, 0.1) is 0 Å². The van der Waals surface area contributed by atoms with Gasteiger partial charge in [-0.2, -0.15) is 15.0 Å². The molecular weight excluding hydrogens is 500 g/mol. The number of benzene rings is 2. The van der Waals surface area contributed by atoms with E-state index in [9.17, 15) is 9.90 Å². The normalized spacial score (nSPS) is 13.8. The molecule has 1 fully saturated rings. The van der Waals surface area contributed by atoms with Gasteiger partial charge in [-0.3, -0.25) is 0 Å². The van der Waals surface area contributed by atoms with E-state index >= 15 is 0 Å². The Labute approximate surface area is 228 Å². The number of hydrogen-bond donors (Lipinski definition) is 2. The first-order valence-electron chi connectivity index (χ1n) is 13.1. The minimum absolute atomic E-state index is 0.152. The summed E-state index contributed by atoms with van der Waals surface area (Å²) in [5.74, 6) is 1.06. The molecule has 11 nitrogen and oxygen atoms in total. The van der Waals surface area contributed by atoms with E-state index < -0.39 is 11.6 Å². The molecule has 3 aromatic rings. The number of hydrogen-bond acceptors (Lipinski definition) is 10. The Morgan fingerprint density at radius 3 is 2.15 bits per heavy atom. The lowest BCUT2D eigenvalue weighted by atomic mass is 10.1. The summed E-state index contributed by atoms with van der Waals surface area (Å²) in [5, 5.41) is 12.5. The number of carboxylic acids is 1. The van der Waals surface area contributed by atoms with Crippen LogP contribution in [0.1, 0.15) is 27.7 Å². The molecule has 2 N–H and O–H groups in total. The predicted octanol–water partition coefficient (Wildman–Crippen LogP) is 3.72. The molecule has 0 spiro atoms. The Balaban J connectivity index is 1.32. The zero-order valence-electron chi connectivity index (χ0n) is 22.8. The molecule has 2 aromatic carbocycles. The maximum Gasteiger partial charge on any atom is 0.347 e. The zero-order chi connectivity index (χ0) is 27.8. The first kappa shape index (κ1) is 27.7. The Morgan fingerprint density at radius 2 is 1.51 bits per heavy atom. The van der Waals surface area contributed by atoms with Crippen molar-refractivity contribution < 1.29 is 24.1 Å². The van der Waals surface area contributed by atoms with Gasteiger partial charge in [0, 0.05) is 37.9 Å². The van der Waals surface area contributed by atoms with Crippen LogP contribution in [0, 0.1) is 0 Å². The van der Waals surface area contributed by atoms with Gasteiger partial charge < -0.3 is 34.4 Å². The number of nitrogens with zero attached hydrogens (tertiary/aromatic N) is 5. The maximum atomic E-state index is 11.2. The minimum Gasteiger partial charge on any atom is -0.490 e. The molecule has 0 atom stereocenters. The molecule has 0 saturated carbocycles. The van der Waals surface area contributed by atoms with Crippen LogP contribution in [-0.4, -0.2) is 77.1 Å². The fraction of sp³-hybridized carbons (Fsp3) is 0.429. The monoisotopic (exact) mass is 536 g/mol. The van der Waals surface area contributed by atoms with E-state index in [2.05, 4.69) is 54.3 Å². The highest BCUT2D eigenvalue weighted by molar-refractivity contribution is 5.76. The highest BCUT2D eigenvalue weighted by Crippen LogP contribution is 2.23. The first-order valence-corrected chi connectivity index (χ1v) is 13.1. The summed E-state index contributed by atoms with van der Waals surface area (Å²) in [6, 6.07) is 17.5. The highest BCUT2D eigenvalue weighted by atomic mass is 16.5. The van der Waals surface area contributed by atoms with Crippen LogP contribution >= 0.6 is 0 Å². The highest BCUT2D eigenvalue weighted by Gasteiger charge is 2.29. The van der Waals surface area contributed by atoms with Crippen molar-refractivity contribution in [3.05, 3.63) is 54.6 Å². The van der Waals surface area contributed by atoms with Gasteiger partial charge in [-0.1, -0.05) is 18.2 Å². The standard InChI is InChI=1S/C28H36N6O5/c1-20(2)29-25-30-26(34-16-14-33(15-17-34)21-8-6-5-7-9-21)32-27(31-25)38-19-18-37-22-10-12-23(13-11-22)39-28(3,4)24(35)36/h5-13,20H,14-19H2,1-4H3,(H,35,36)(H,29,30,31,32). The molecule has 1 saturated heterocycles. The summed E-state index contributed by atoms with van der Waals surface area (Å²) >= 11 is 0. The molecule has 2 heterocycles. The summed E-state index contributed by atoms with van der Waals surface area (Å²) in [5.41, 5.74) is -0.108. The van der Waals surface area contributed by atoms with Crippen LogP contribution in [0.5, 0.6) is 17.5 Å². The number of piperazine rings is 1. The number of para-hydroxylation sites is 1. The number of nitrogens with one attached hydrogen (secondary N) is 1. The van der Waals surface area contributed by atoms with Gasteiger partial charge in [0.2, 0.25) is 11.9 Å². The van der Waals surface area contributed by atoms with Crippen molar-refractivity contribution in [1.29, 1.82) is 0 Å². The van der Waals surface area contributed by atoms with Crippen molar-refractivity contribution in [2.45, 2.75) is 39.3 Å². The largest absolute Gasteiger partial charge is 0.490 e. The van der Waals surface area contributed by atoms with Crippen molar-refractivity contribution in [1.82, 2.24) is 15.0 Å². The summed E-state index contributed by atoms with van der Waals surface area (Å²) in [6.07, 6.45) is 0. The van der Waals surface area contributed by atoms with E-state index in [1.807, 2.05) is 19.9 Å². The third-order valence-corrected chi connectivity index (χ3v) is 6.00. The van der Waals surface area contributed by atoms with Crippen molar-refractivity contribution in [2.75, 3.05) is 54.5 Å². The Morgan fingerprint density at radius 1 is 0.897 bits per heavy atom. The molecule has 4 rings (SSSR count). The van der Waals surface area contributed by atoms with Gasteiger partial charge in [0.25, 0.3) is 0 Å². The fourth-order valence-corrected chi connectivity index (χ4v) is 3.91. The molecule has 0 aliphatic carbocycles. The third kappa shape index (κ3) is 7.86. The van der Waals surface area contributed by atoms with Crippen LogP contribution in [0.2, 0.25) is 0 Å². The number of carboxylic acid groups (broad SMARTS) is 1. The van der Waals surface area contributed by atoms with Gasteiger partial charge in [-0.05, 0) is 64.1 Å². The molecular formula is C28H36N6O5. The number of rotatable bonds is 12. The fourth-order valence-electron chi connectivity index (χ4n) is 3.91. The second-order valence-corrected chi connectivity index (χ2v) is 9.94. The van der Waals surface area contributed by atoms with Crippen LogP contribution < -0.4 is 29.3 Å². The Bertz CT molecular complexity index is 1210. The predicted molar refractivity (Wildman–Crippen MR) is 149 cm³/mol. The van der Waals surface area contributed by atoms with E-state index in [0.717, 1.165) is 26.2 Å². The van der Waals surface area contributed by atoms with Crippen LogP contribution in [0.4, 0.5) is 17.6 Å². The van der Waals surface area contributed by atoms with Gasteiger partial charge >= 0.3 is 12.0 Å². The van der Waals surface area contributed by atoms with Crippen molar-refractivity contribution in [2.24, 2.45) is 0 Å². The van der Waals surface area contributed by atoms with Crippen LogP contribution in [0.15, 0.2) is 54.6 Å². The number of carbonyl (C=O) groups is 1. The lowest BCUT2D eigenvalue weighted by molar-refractivity contribution is -0.152. The van der Waals surface area contributed by atoms with Gasteiger partial charge in [-0.15, -0.1) is 0 Å². The molecule has 11 heteroatoms. The van der Waals surface area contributed by atoms with Gasteiger partial charge in [-0.25, -0.2) is 4.79 Å². The van der Waals surface area contributed by atoms with Gasteiger partial charge in [0.15, 0.2) is 5.60 Å². The Hall–Kier alpha value is -4.28. The average molecular weight is 537 g/mol. The SMILES string of the molecule is CC(C)Nc1nc(OCCOc2ccc(OC(C)(C)C(=O)O)cc2)nc(N2CCN(c3ccccc3)CC2)n1.